The predicted octanol–water partition coefficient (Wildman–Crippen LogP) is 1.15. The standard InChI is InChI=1S/C20H33N5O2S/c1-21-20(22-12-17-14-25-6-2-4-16(25)15-27-17)23-13-18(19-5-3-11-28-19)24-7-9-26-10-8-24/h3,5,11,16-18H,2,4,6-10,12-15H2,1H3,(H2,21,22,23). The van der Waals surface area contributed by atoms with Gasteiger partial charge in [0.25, 0.3) is 0 Å². The molecule has 3 unspecified atom stereocenters. The van der Waals surface area contributed by atoms with Gasteiger partial charge in [0.15, 0.2) is 5.96 Å². The number of fused-ring (bicyclic) bond motifs is 1. The third kappa shape index (κ3) is 5.04. The van der Waals surface area contributed by atoms with Crippen molar-refractivity contribution in [2.45, 2.75) is 31.0 Å². The molecule has 0 spiro atoms. The lowest BCUT2D eigenvalue weighted by molar-refractivity contribution is -0.0453. The summed E-state index contributed by atoms with van der Waals surface area (Å²) in [5, 5.41) is 9.16. The molecule has 0 bridgehead atoms. The van der Waals surface area contributed by atoms with Gasteiger partial charge in [-0.3, -0.25) is 14.8 Å². The van der Waals surface area contributed by atoms with Crippen molar-refractivity contribution < 1.29 is 9.47 Å². The van der Waals surface area contributed by atoms with Gasteiger partial charge in [0.1, 0.15) is 0 Å². The van der Waals surface area contributed by atoms with Crippen LogP contribution in [-0.4, -0.2) is 94.0 Å². The van der Waals surface area contributed by atoms with Crippen LogP contribution in [0.1, 0.15) is 23.8 Å². The molecule has 4 rings (SSSR count). The largest absolute Gasteiger partial charge is 0.379 e. The fraction of sp³-hybridized carbons (Fsp3) is 0.750. The van der Waals surface area contributed by atoms with Crippen LogP contribution in [0.5, 0.6) is 0 Å². The molecule has 28 heavy (non-hydrogen) atoms. The molecule has 0 radical (unpaired) electrons. The van der Waals surface area contributed by atoms with Crippen molar-refractivity contribution in [2.24, 2.45) is 4.99 Å². The highest BCUT2D eigenvalue weighted by Crippen LogP contribution is 2.25. The monoisotopic (exact) mass is 407 g/mol. The second kappa shape index (κ2) is 10.0. The maximum absolute atomic E-state index is 6.06. The van der Waals surface area contributed by atoms with E-state index in [9.17, 15) is 0 Å². The molecule has 156 valence electrons. The van der Waals surface area contributed by atoms with Gasteiger partial charge in [-0.15, -0.1) is 11.3 Å². The van der Waals surface area contributed by atoms with Crippen LogP contribution >= 0.6 is 11.3 Å². The van der Waals surface area contributed by atoms with Gasteiger partial charge in [-0.05, 0) is 30.8 Å². The number of morpholine rings is 2. The molecular weight excluding hydrogens is 374 g/mol. The maximum atomic E-state index is 6.06. The Hall–Kier alpha value is -1.19. The van der Waals surface area contributed by atoms with E-state index in [4.69, 9.17) is 9.47 Å². The summed E-state index contributed by atoms with van der Waals surface area (Å²) in [6.07, 6.45) is 2.83. The number of hydrogen-bond donors (Lipinski definition) is 2. The average molecular weight is 408 g/mol. The number of nitrogens with zero attached hydrogens (tertiary/aromatic N) is 3. The zero-order valence-corrected chi connectivity index (χ0v) is 17.6. The molecule has 0 amide bonds. The van der Waals surface area contributed by atoms with Crippen LogP contribution < -0.4 is 10.6 Å². The Balaban J connectivity index is 1.27. The molecule has 3 saturated heterocycles. The van der Waals surface area contributed by atoms with E-state index in [1.165, 1.54) is 24.3 Å². The first kappa shape index (κ1) is 20.1. The first-order valence-electron chi connectivity index (χ1n) is 10.5. The molecule has 0 aromatic carbocycles. The quantitative estimate of drug-likeness (QED) is 0.545. The van der Waals surface area contributed by atoms with Crippen molar-refractivity contribution in [3.63, 3.8) is 0 Å². The van der Waals surface area contributed by atoms with Gasteiger partial charge in [-0.25, -0.2) is 0 Å². The molecule has 3 atom stereocenters. The van der Waals surface area contributed by atoms with Crippen molar-refractivity contribution in [1.82, 2.24) is 20.4 Å². The minimum absolute atomic E-state index is 0.236. The van der Waals surface area contributed by atoms with E-state index in [0.717, 1.165) is 58.5 Å². The summed E-state index contributed by atoms with van der Waals surface area (Å²) >= 11 is 1.82. The number of nitrogens with one attached hydrogen (secondary N) is 2. The summed E-state index contributed by atoms with van der Waals surface area (Å²) in [7, 11) is 1.84. The highest BCUT2D eigenvalue weighted by molar-refractivity contribution is 7.10. The summed E-state index contributed by atoms with van der Waals surface area (Å²) in [6.45, 7) is 8.32. The van der Waals surface area contributed by atoms with E-state index >= 15 is 0 Å². The molecule has 0 saturated carbocycles. The first-order chi connectivity index (χ1) is 13.8. The zero-order valence-electron chi connectivity index (χ0n) is 16.8. The number of aliphatic imine (C=N–C) groups is 1. The number of guanidine groups is 1. The molecule has 3 aliphatic rings. The Morgan fingerprint density at radius 2 is 2.21 bits per heavy atom. The van der Waals surface area contributed by atoms with Gasteiger partial charge in [0.05, 0.1) is 32.0 Å². The smallest absolute Gasteiger partial charge is 0.191 e. The third-order valence-corrected chi connectivity index (χ3v) is 6.98. The van der Waals surface area contributed by atoms with E-state index in [1.807, 2.05) is 18.4 Å². The second-order valence-corrected chi connectivity index (χ2v) is 8.74. The van der Waals surface area contributed by atoms with Crippen LogP contribution in [0, 0.1) is 0 Å². The van der Waals surface area contributed by atoms with E-state index in [0.29, 0.717) is 12.1 Å². The van der Waals surface area contributed by atoms with E-state index in [2.05, 4.69) is 42.9 Å². The van der Waals surface area contributed by atoms with Crippen molar-refractivity contribution in [2.75, 3.05) is 66.1 Å². The fourth-order valence-corrected chi connectivity index (χ4v) is 5.27. The zero-order chi connectivity index (χ0) is 19.2. The molecule has 4 heterocycles. The summed E-state index contributed by atoms with van der Waals surface area (Å²) < 4.78 is 11.6. The van der Waals surface area contributed by atoms with Gasteiger partial charge in [0.2, 0.25) is 0 Å². The van der Waals surface area contributed by atoms with Crippen LogP contribution in [0.15, 0.2) is 22.5 Å². The molecule has 0 aliphatic carbocycles. The van der Waals surface area contributed by atoms with E-state index in [1.54, 1.807) is 0 Å². The van der Waals surface area contributed by atoms with Crippen molar-refractivity contribution in [3.8, 4) is 0 Å². The molecule has 1 aromatic heterocycles. The van der Waals surface area contributed by atoms with Crippen LogP contribution in [0.2, 0.25) is 0 Å². The highest BCUT2D eigenvalue weighted by atomic mass is 32.1. The lowest BCUT2D eigenvalue weighted by atomic mass is 10.2. The van der Waals surface area contributed by atoms with Gasteiger partial charge in [-0.1, -0.05) is 6.07 Å². The fourth-order valence-electron chi connectivity index (χ4n) is 4.41. The molecule has 7 nitrogen and oxygen atoms in total. The lowest BCUT2D eigenvalue weighted by Gasteiger charge is -2.36. The molecule has 2 N–H and O–H groups in total. The Kier molecular flexibility index (Phi) is 7.20. The van der Waals surface area contributed by atoms with Crippen molar-refractivity contribution in [1.29, 1.82) is 0 Å². The van der Waals surface area contributed by atoms with Gasteiger partial charge < -0.3 is 20.1 Å². The SMILES string of the molecule is CN=C(NCC1CN2CCCC2CO1)NCC(c1cccs1)N1CCOCC1. The molecule has 8 heteroatoms. The number of ether oxygens (including phenoxy) is 2. The molecule has 1 aromatic rings. The number of hydrogen-bond acceptors (Lipinski definition) is 6. The second-order valence-electron chi connectivity index (χ2n) is 7.76. The minimum Gasteiger partial charge on any atom is -0.379 e. The summed E-state index contributed by atoms with van der Waals surface area (Å²) in [6, 6.07) is 5.35. The van der Waals surface area contributed by atoms with Gasteiger partial charge in [-0.2, -0.15) is 0 Å². The van der Waals surface area contributed by atoms with Crippen molar-refractivity contribution >= 4 is 17.3 Å². The van der Waals surface area contributed by atoms with Crippen LogP contribution in [-0.2, 0) is 9.47 Å². The number of thiophene rings is 1. The summed E-state index contributed by atoms with van der Waals surface area (Å²) in [4.78, 5) is 10.9. The Morgan fingerprint density at radius 1 is 1.32 bits per heavy atom. The number of rotatable bonds is 6. The first-order valence-corrected chi connectivity index (χ1v) is 11.4. The maximum Gasteiger partial charge on any atom is 0.191 e. The summed E-state index contributed by atoms with van der Waals surface area (Å²) in [5.74, 6) is 0.849. The highest BCUT2D eigenvalue weighted by Gasteiger charge is 2.32. The molecular formula is C20H33N5O2S. The van der Waals surface area contributed by atoms with Crippen LogP contribution in [0.4, 0.5) is 0 Å². The normalized spacial score (nSPS) is 28.1. The third-order valence-electron chi connectivity index (χ3n) is 6.00. The lowest BCUT2D eigenvalue weighted by Crippen LogP contribution is -2.52. The average Bonchev–Trinajstić information content (AvgIpc) is 3.43. The predicted molar refractivity (Wildman–Crippen MR) is 113 cm³/mol. The Bertz CT molecular complexity index is 620. The molecule has 3 aliphatic heterocycles. The van der Waals surface area contributed by atoms with E-state index in [-0.39, 0.29) is 6.10 Å². The van der Waals surface area contributed by atoms with Crippen LogP contribution in [0.3, 0.4) is 0 Å². The van der Waals surface area contributed by atoms with Crippen LogP contribution in [0.25, 0.3) is 0 Å². The Morgan fingerprint density at radius 3 is 3.00 bits per heavy atom. The van der Waals surface area contributed by atoms with Crippen molar-refractivity contribution in [3.05, 3.63) is 22.4 Å². The van der Waals surface area contributed by atoms with Gasteiger partial charge in [0, 0.05) is 50.7 Å². The summed E-state index contributed by atoms with van der Waals surface area (Å²) in [5.41, 5.74) is 0. The topological polar surface area (TPSA) is 61.4 Å². The van der Waals surface area contributed by atoms with E-state index < -0.39 is 0 Å². The minimum atomic E-state index is 0.236. The molecule has 3 fully saturated rings. The van der Waals surface area contributed by atoms with Gasteiger partial charge >= 0.3 is 0 Å². The Labute approximate surface area is 172 Å².